The van der Waals surface area contributed by atoms with Gasteiger partial charge in [0, 0.05) is 37.9 Å². The van der Waals surface area contributed by atoms with Crippen LogP contribution in [-0.4, -0.2) is 66.7 Å². The average Bonchev–Trinajstić information content (AvgIpc) is 2.55. The standard InChI is InChI=1S/C15H19FN2O4S/c1-22-13-8-11(2-3-12(13)16)17-4-6-18(7-5-17)14(19)9-23-10-15(20)21/h2-3,8H,4-7,9-10H2,1H3,(H,20,21). The highest BCUT2D eigenvalue weighted by molar-refractivity contribution is 8.00. The molecule has 0 aliphatic carbocycles. The first-order valence-corrected chi connectivity index (χ1v) is 8.32. The van der Waals surface area contributed by atoms with Crippen molar-refractivity contribution in [3.63, 3.8) is 0 Å². The van der Waals surface area contributed by atoms with Gasteiger partial charge in [0.25, 0.3) is 0 Å². The number of amides is 1. The predicted molar refractivity (Wildman–Crippen MR) is 86.7 cm³/mol. The van der Waals surface area contributed by atoms with E-state index in [0.717, 1.165) is 17.4 Å². The Morgan fingerprint density at radius 3 is 2.57 bits per heavy atom. The molecule has 0 atom stereocenters. The molecule has 1 heterocycles. The topological polar surface area (TPSA) is 70.1 Å². The van der Waals surface area contributed by atoms with Gasteiger partial charge in [0.1, 0.15) is 0 Å². The van der Waals surface area contributed by atoms with Gasteiger partial charge in [-0.3, -0.25) is 9.59 Å². The quantitative estimate of drug-likeness (QED) is 0.840. The van der Waals surface area contributed by atoms with E-state index >= 15 is 0 Å². The summed E-state index contributed by atoms with van der Waals surface area (Å²) < 4.78 is 18.4. The number of benzene rings is 1. The van der Waals surface area contributed by atoms with Crippen molar-refractivity contribution in [2.45, 2.75) is 0 Å². The fraction of sp³-hybridized carbons (Fsp3) is 0.467. The van der Waals surface area contributed by atoms with Crippen LogP contribution in [0.1, 0.15) is 0 Å². The molecule has 2 rings (SSSR count). The fourth-order valence-electron chi connectivity index (χ4n) is 2.38. The van der Waals surface area contributed by atoms with Crippen molar-refractivity contribution in [2.75, 3.05) is 49.7 Å². The molecule has 1 aliphatic rings. The van der Waals surface area contributed by atoms with Crippen molar-refractivity contribution >= 4 is 29.3 Å². The molecule has 0 radical (unpaired) electrons. The molecule has 1 fully saturated rings. The van der Waals surface area contributed by atoms with Crippen molar-refractivity contribution in [3.05, 3.63) is 24.0 Å². The molecule has 0 spiro atoms. The van der Waals surface area contributed by atoms with Gasteiger partial charge in [-0.2, -0.15) is 0 Å². The van der Waals surface area contributed by atoms with E-state index in [1.807, 2.05) is 0 Å². The van der Waals surface area contributed by atoms with Crippen LogP contribution in [0.3, 0.4) is 0 Å². The van der Waals surface area contributed by atoms with Crippen molar-refractivity contribution in [1.29, 1.82) is 0 Å². The largest absolute Gasteiger partial charge is 0.494 e. The number of halogens is 1. The molecule has 0 saturated carbocycles. The zero-order valence-electron chi connectivity index (χ0n) is 12.8. The number of carbonyl (C=O) groups excluding carboxylic acids is 1. The van der Waals surface area contributed by atoms with Gasteiger partial charge in [-0.1, -0.05) is 0 Å². The Hall–Kier alpha value is -1.96. The van der Waals surface area contributed by atoms with Gasteiger partial charge in [0.05, 0.1) is 18.6 Å². The highest BCUT2D eigenvalue weighted by atomic mass is 32.2. The molecule has 1 saturated heterocycles. The molecule has 8 heteroatoms. The second kappa shape index (κ2) is 8.05. The third kappa shape index (κ3) is 4.75. The number of anilines is 1. The second-order valence-corrected chi connectivity index (χ2v) is 6.06. The SMILES string of the molecule is COc1cc(N2CCN(C(=O)CSCC(=O)O)CC2)ccc1F. The zero-order valence-corrected chi connectivity index (χ0v) is 13.6. The Bertz CT molecular complexity index is 577. The summed E-state index contributed by atoms with van der Waals surface area (Å²) in [6.45, 7) is 2.41. The Labute approximate surface area is 138 Å². The van der Waals surface area contributed by atoms with Gasteiger partial charge < -0.3 is 19.6 Å². The third-order valence-electron chi connectivity index (χ3n) is 3.58. The summed E-state index contributed by atoms with van der Waals surface area (Å²) in [6, 6.07) is 4.71. The van der Waals surface area contributed by atoms with Crippen molar-refractivity contribution in [3.8, 4) is 5.75 Å². The summed E-state index contributed by atoms with van der Waals surface area (Å²) in [5.74, 6) is -1.06. The number of nitrogens with zero attached hydrogens (tertiary/aromatic N) is 2. The number of thioether (sulfide) groups is 1. The maximum absolute atomic E-state index is 13.4. The normalized spacial score (nSPS) is 14.7. The number of aliphatic carboxylic acids is 1. The first kappa shape index (κ1) is 17.4. The second-order valence-electron chi connectivity index (χ2n) is 5.07. The first-order chi connectivity index (χ1) is 11.0. The summed E-state index contributed by atoms with van der Waals surface area (Å²) in [5.41, 5.74) is 0.857. The van der Waals surface area contributed by atoms with E-state index in [1.165, 1.54) is 13.2 Å². The number of methoxy groups -OCH3 is 1. The molecule has 1 aromatic carbocycles. The molecular weight excluding hydrogens is 323 g/mol. The van der Waals surface area contributed by atoms with Gasteiger partial charge in [-0.05, 0) is 12.1 Å². The van der Waals surface area contributed by atoms with Crippen LogP contribution in [-0.2, 0) is 9.59 Å². The Kier molecular flexibility index (Phi) is 6.09. The average molecular weight is 342 g/mol. The molecule has 1 N–H and O–H groups in total. The van der Waals surface area contributed by atoms with Crippen LogP contribution in [0.25, 0.3) is 0 Å². The molecule has 1 aromatic rings. The number of piperazine rings is 1. The van der Waals surface area contributed by atoms with E-state index < -0.39 is 11.8 Å². The van der Waals surface area contributed by atoms with Crippen LogP contribution < -0.4 is 9.64 Å². The summed E-state index contributed by atoms with van der Waals surface area (Å²) in [4.78, 5) is 26.2. The number of rotatable bonds is 6. The van der Waals surface area contributed by atoms with Crippen LogP contribution in [0, 0.1) is 5.82 Å². The molecule has 0 bridgehead atoms. The van der Waals surface area contributed by atoms with Crippen molar-refractivity contribution in [2.24, 2.45) is 0 Å². The summed E-state index contributed by atoms with van der Waals surface area (Å²) in [7, 11) is 1.42. The number of hydrogen-bond donors (Lipinski definition) is 1. The van der Waals surface area contributed by atoms with Gasteiger partial charge >= 0.3 is 5.97 Å². The fourth-order valence-corrected chi connectivity index (χ4v) is 3.01. The molecule has 23 heavy (non-hydrogen) atoms. The molecule has 126 valence electrons. The highest BCUT2D eigenvalue weighted by Crippen LogP contribution is 2.25. The van der Waals surface area contributed by atoms with E-state index in [9.17, 15) is 14.0 Å². The monoisotopic (exact) mass is 342 g/mol. The lowest BCUT2D eigenvalue weighted by atomic mass is 10.2. The number of hydrogen-bond acceptors (Lipinski definition) is 5. The summed E-state index contributed by atoms with van der Waals surface area (Å²) >= 11 is 1.10. The van der Waals surface area contributed by atoms with Gasteiger partial charge in [0.2, 0.25) is 5.91 Å². The first-order valence-electron chi connectivity index (χ1n) is 7.17. The maximum Gasteiger partial charge on any atom is 0.313 e. The van der Waals surface area contributed by atoms with Crippen LogP contribution >= 0.6 is 11.8 Å². The van der Waals surface area contributed by atoms with E-state index in [0.29, 0.717) is 26.2 Å². The molecule has 1 amide bonds. The number of carboxylic acid groups (broad SMARTS) is 1. The van der Waals surface area contributed by atoms with E-state index in [2.05, 4.69) is 4.90 Å². The van der Waals surface area contributed by atoms with E-state index in [4.69, 9.17) is 9.84 Å². The Morgan fingerprint density at radius 2 is 1.96 bits per heavy atom. The summed E-state index contributed by atoms with van der Waals surface area (Å²) in [5, 5.41) is 8.57. The van der Waals surface area contributed by atoms with Gasteiger partial charge in [-0.15, -0.1) is 11.8 Å². The van der Waals surface area contributed by atoms with Crippen LogP contribution in [0.4, 0.5) is 10.1 Å². The Morgan fingerprint density at radius 1 is 1.26 bits per heavy atom. The third-order valence-corrected chi connectivity index (χ3v) is 4.49. The van der Waals surface area contributed by atoms with Crippen LogP contribution in [0.5, 0.6) is 5.75 Å². The van der Waals surface area contributed by atoms with Crippen molar-refractivity contribution in [1.82, 2.24) is 4.90 Å². The molecular formula is C15H19FN2O4S. The van der Waals surface area contributed by atoms with Gasteiger partial charge in [0.15, 0.2) is 11.6 Å². The van der Waals surface area contributed by atoms with Gasteiger partial charge in [-0.25, -0.2) is 4.39 Å². The molecule has 1 aliphatic heterocycles. The zero-order chi connectivity index (χ0) is 16.8. The number of ether oxygens (including phenoxy) is 1. The molecule has 6 nitrogen and oxygen atoms in total. The molecule has 0 unspecified atom stereocenters. The van der Waals surface area contributed by atoms with Crippen molar-refractivity contribution < 1.29 is 23.8 Å². The Balaban J connectivity index is 1.86. The number of carboxylic acids is 1. The minimum Gasteiger partial charge on any atom is -0.494 e. The lowest BCUT2D eigenvalue weighted by Gasteiger charge is -2.36. The van der Waals surface area contributed by atoms with Crippen LogP contribution in [0.15, 0.2) is 18.2 Å². The maximum atomic E-state index is 13.4. The van der Waals surface area contributed by atoms with E-state index in [1.54, 1.807) is 17.0 Å². The number of carbonyl (C=O) groups is 2. The minimum absolute atomic E-state index is 0.0485. The summed E-state index contributed by atoms with van der Waals surface area (Å²) in [6.07, 6.45) is 0. The predicted octanol–water partition coefficient (Wildman–Crippen LogP) is 1.30. The lowest BCUT2D eigenvalue weighted by molar-refractivity contribution is -0.133. The minimum atomic E-state index is -0.919. The lowest BCUT2D eigenvalue weighted by Crippen LogP contribution is -2.49. The van der Waals surface area contributed by atoms with Crippen LogP contribution in [0.2, 0.25) is 0 Å². The van der Waals surface area contributed by atoms with E-state index in [-0.39, 0.29) is 23.2 Å². The highest BCUT2D eigenvalue weighted by Gasteiger charge is 2.22. The smallest absolute Gasteiger partial charge is 0.313 e. The molecule has 0 aromatic heterocycles.